The van der Waals surface area contributed by atoms with Crippen LogP contribution in [0.4, 0.5) is 0 Å². The lowest BCUT2D eigenvalue weighted by molar-refractivity contribution is -0.185. The summed E-state index contributed by atoms with van der Waals surface area (Å²) in [6.07, 6.45) is -11.2. The van der Waals surface area contributed by atoms with Crippen LogP contribution in [0.5, 0.6) is 0 Å². The van der Waals surface area contributed by atoms with E-state index in [0.29, 0.717) is 0 Å². The molecule has 7 N–H and O–H groups in total. The Labute approximate surface area is 117 Å². The summed E-state index contributed by atoms with van der Waals surface area (Å²) in [5, 5.41) is 62.3. The lowest BCUT2D eigenvalue weighted by Gasteiger charge is -2.23. The van der Waals surface area contributed by atoms with Crippen LogP contribution in [-0.2, 0) is 19.1 Å². The molecule has 0 rings (SSSR count). The first-order chi connectivity index (χ1) is 9.67. The average Bonchev–Trinajstić information content (AvgIpc) is 2.47. The van der Waals surface area contributed by atoms with Gasteiger partial charge in [0.1, 0.15) is 18.3 Å². The Morgan fingerprint density at radius 3 is 1.86 bits per heavy atom. The van der Waals surface area contributed by atoms with E-state index in [1.165, 1.54) is 0 Å². The van der Waals surface area contributed by atoms with Gasteiger partial charge in [-0.2, -0.15) is 0 Å². The van der Waals surface area contributed by atoms with Crippen LogP contribution in [0, 0.1) is 0 Å². The van der Waals surface area contributed by atoms with E-state index in [9.17, 15) is 24.6 Å². The molecule has 11 heteroatoms. The van der Waals surface area contributed by atoms with Gasteiger partial charge in [-0.15, -0.1) is 0 Å². The van der Waals surface area contributed by atoms with Crippen LogP contribution >= 0.6 is 0 Å². The molecule has 0 saturated heterocycles. The number of hydrogen-bond acceptors (Lipinski definition) is 10. The molecule has 0 aliphatic rings. The molecule has 5 atom stereocenters. The Balaban J connectivity index is 4.91. The quantitative estimate of drug-likeness (QED) is 0.158. The number of ether oxygens (including phenoxy) is 1. The normalized spacial score (nSPS) is 18.2. The van der Waals surface area contributed by atoms with Gasteiger partial charge in [-0.1, -0.05) is 0 Å². The van der Waals surface area contributed by atoms with Gasteiger partial charge in [-0.25, -0.2) is 9.59 Å². The van der Waals surface area contributed by atoms with E-state index < -0.39 is 61.5 Å². The largest absolute Gasteiger partial charge is 0.478 e. The topological polar surface area (TPSA) is 202 Å². The molecule has 0 saturated carbocycles. The molecule has 0 aromatic rings. The number of ketones is 1. The fourth-order valence-electron chi connectivity index (χ4n) is 1.15. The second-order valence-corrected chi connectivity index (χ2v) is 3.94. The van der Waals surface area contributed by atoms with Crippen molar-refractivity contribution in [2.75, 3.05) is 13.2 Å². The zero-order valence-electron chi connectivity index (χ0n) is 10.6. The summed E-state index contributed by atoms with van der Waals surface area (Å²) in [5.41, 5.74) is 0. The lowest BCUT2D eigenvalue weighted by Crippen LogP contribution is -2.49. The molecule has 0 heterocycles. The third kappa shape index (κ3) is 5.34. The number of esters is 1. The van der Waals surface area contributed by atoms with E-state index in [1.807, 2.05) is 0 Å². The minimum absolute atomic E-state index is 1.03. The summed E-state index contributed by atoms with van der Waals surface area (Å²) >= 11 is 0. The molecule has 21 heavy (non-hydrogen) atoms. The number of carboxylic acid groups (broad SMARTS) is 1. The van der Waals surface area contributed by atoms with Crippen molar-refractivity contribution in [3.8, 4) is 0 Å². The summed E-state index contributed by atoms with van der Waals surface area (Å²) in [5.74, 6) is -5.27. The van der Waals surface area contributed by atoms with Crippen LogP contribution in [0.1, 0.15) is 0 Å². The Morgan fingerprint density at radius 2 is 1.48 bits per heavy atom. The monoisotopic (exact) mass is 312 g/mol. The first-order valence-corrected chi connectivity index (χ1v) is 5.58. The van der Waals surface area contributed by atoms with Crippen molar-refractivity contribution in [2.45, 2.75) is 30.5 Å². The molecular formula is C10H16O11. The van der Waals surface area contributed by atoms with Gasteiger partial charge in [0.2, 0.25) is 18.0 Å². The van der Waals surface area contributed by atoms with Crippen molar-refractivity contribution in [1.82, 2.24) is 0 Å². The first kappa shape index (κ1) is 19.4. The molecule has 0 bridgehead atoms. The van der Waals surface area contributed by atoms with Gasteiger partial charge in [-0.05, 0) is 0 Å². The highest BCUT2D eigenvalue weighted by molar-refractivity contribution is 6.04. The number of carbonyl (C=O) groups excluding carboxylic acids is 2. The van der Waals surface area contributed by atoms with Crippen molar-refractivity contribution >= 4 is 17.7 Å². The molecule has 0 unspecified atom stereocenters. The zero-order chi connectivity index (χ0) is 16.7. The highest BCUT2D eigenvalue weighted by Crippen LogP contribution is 2.08. The van der Waals surface area contributed by atoms with Crippen molar-refractivity contribution in [3.63, 3.8) is 0 Å². The predicted octanol–water partition coefficient (Wildman–Crippen LogP) is -5.02. The molecule has 0 amide bonds. The number of carboxylic acids is 1. The molecule has 0 aliphatic carbocycles. The summed E-state index contributed by atoms with van der Waals surface area (Å²) in [4.78, 5) is 33.3. The van der Waals surface area contributed by atoms with Crippen molar-refractivity contribution in [1.29, 1.82) is 0 Å². The first-order valence-electron chi connectivity index (χ1n) is 5.58. The second kappa shape index (κ2) is 8.61. The van der Waals surface area contributed by atoms with Gasteiger partial charge in [0.05, 0.1) is 13.2 Å². The van der Waals surface area contributed by atoms with Gasteiger partial charge in [0.15, 0.2) is 0 Å². The van der Waals surface area contributed by atoms with Crippen LogP contribution in [0.3, 0.4) is 0 Å². The number of hydrogen-bond donors (Lipinski definition) is 7. The van der Waals surface area contributed by atoms with Gasteiger partial charge in [-0.3, -0.25) is 4.79 Å². The smallest absolute Gasteiger partial charge is 0.347 e. The standard InChI is InChI=1S/C10H16O11/c11-1-3(13)5(15)7(17)10(20)21-8(9(18)19)6(16)4(14)2-12/h3-4,6-8,11-14,16-17H,1-2H2,(H,18,19)/t3-,4-,6+,7-,8-/m1/s1. The number of aliphatic hydroxyl groups is 6. The molecule has 0 radical (unpaired) electrons. The van der Waals surface area contributed by atoms with Crippen molar-refractivity contribution in [2.24, 2.45) is 0 Å². The van der Waals surface area contributed by atoms with E-state index in [0.717, 1.165) is 0 Å². The van der Waals surface area contributed by atoms with Gasteiger partial charge >= 0.3 is 11.9 Å². The van der Waals surface area contributed by atoms with Crippen LogP contribution in [-0.4, -0.2) is 97.2 Å². The van der Waals surface area contributed by atoms with Crippen LogP contribution < -0.4 is 0 Å². The van der Waals surface area contributed by atoms with Crippen LogP contribution in [0.2, 0.25) is 0 Å². The Bertz CT molecular complexity index is 381. The summed E-state index contributed by atoms with van der Waals surface area (Å²) < 4.78 is 4.15. The zero-order valence-corrected chi connectivity index (χ0v) is 10.6. The molecule has 122 valence electrons. The molecule has 0 aromatic heterocycles. The molecule has 0 fully saturated rings. The summed E-state index contributed by atoms with van der Waals surface area (Å²) in [7, 11) is 0. The summed E-state index contributed by atoms with van der Waals surface area (Å²) in [6.45, 7) is -2.12. The second-order valence-electron chi connectivity index (χ2n) is 3.94. The van der Waals surface area contributed by atoms with E-state index in [1.54, 1.807) is 0 Å². The van der Waals surface area contributed by atoms with Gasteiger partial charge < -0.3 is 40.5 Å². The Morgan fingerprint density at radius 1 is 0.952 bits per heavy atom. The van der Waals surface area contributed by atoms with E-state index in [-0.39, 0.29) is 0 Å². The molecule has 0 aliphatic heterocycles. The number of aliphatic carboxylic acids is 1. The fraction of sp³-hybridized carbons (Fsp3) is 0.700. The van der Waals surface area contributed by atoms with Crippen LogP contribution in [0.25, 0.3) is 0 Å². The van der Waals surface area contributed by atoms with E-state index in [4.69, 9.17) is 25.5 Å². The number of Topliss-reactive ketones (excluding diaryl/α,β-unsaturated/α-hetero) is 1. The fourth-order valence-corrected chi connectivity index (χ4v) is 1.15. The third-order valence-electron chi connectivity index (χ3n) is 2.37. The Hall–Kier alpha value is -1.63. The van der Waals surface area contributed by atoms with Crippen molar-refractivity contribution in [3.05, 3.63) is 0 Å². The van der Waals surface area contributed by atoms with Gasteiger partial charge in [0, 0.05) is 0 Å². The number of rotatable bonds is 9. The maximum atomic E-state index is 11.3. The number of aliphatic hydroxyl groups excluding tert-OH is 6. The average molecular weight is 312 g/mol. The minimum Gasteiger partial charge on any atom is -0.478 e. The third-order valence-corrected chi connectivity index (χ3v) is 2.37. The summed E-state index contributed by atoms with van der Waals surface area (Å²) in [6, 6.07) is 0. The van der Waals surface area contributed by atoms with E-state index >= 15 is 0 Å². The van der Waals surface area contributed by atoms with Crippen molar-refractivity contribution < 1.29 is 54.9 Å². The molecule has 0 spiro atoms. The Kier molecular flexibility index (Phi) is 7.94. The maximum absolute atomic E-state index is 11.3. The van der Waals surface area contributed by atoms with E-state index in [2.05, 4.69) is 4.74 Å². The molecule has 0 aromatic carbocycles. The van der Waals surface area contributed by atoms with Crippen LogP contribution in [0.15, 0.2) is 0 Å². The molecule has 11 nitrogen and oxygen atoms in total. The lowest BCUT2D eigenvalue weighted by atomic mass is 10.1. The highest BCUT2D eigenvalue weighted by atomic mass is 16.6. The number of carbonyl (C=O) groups is 3. The maximum Gasteiger partial charge on any atom is 0.347 e. The SMILES string of the molecule is O=C(O[C@@H](C(=O)O)[C@@H](O)[C@H](O)CO)[C@H](O)C(=O)[C@H](O)CO. The van der Waals surface area contributed by atoms with Gasteiger partial charge in [0.25, 0.3) is 0 Å². The minimum atomic E-state index is -2.59. The molecular weight excluding hydrogens is 296 g/mol. The predicted molar refractivity (Wildman–Crippen MR) is 60.7 cm³/mol. The highest BCUT2D eigenvalue weighted by Gasteiger charge is 2.39.